The lowest BCUT2D eigenvalue weighted by Gasteiger charge is -2.05. The largest absolute Gasteiger partial charge is 0.372 e. The van der Waals surface area contributed by atoms with Gasteiger partial charge in [-0.05, 0) is 34.7 Å². The predicted molar refractivity (Wildman–Crippen MR) is 69.6 cm³/mol. The number of nitro groups is 1. The van der Waals surface area contributed by atoms with Crippen LogP contribution in [0.5, 0.6) is 0 Å². The van der Waals surface area contributed by atoms with E-state index < -0.39 is 4.92 Å². The van der Waals surface area contributed by atoms with Crippen molar-refractivity contribution in [2.45, 2.75) is 6.54 Å². The summed E-state index contributed by atoms with van der Waals surface area (Å²) in [5.41, 5.74) is 0.517. The molecule has 0 aliphatic rings. The first-order valence-corrected chi connectivity index (χ1v) is 5.82. The van der Waals surface area contributed by atoms with Crippen LogP contribution in [0.4, 0.5) is 11.4 Å². The maximum atomic E-state index is 10.9. The maximum Gasteiger partial charge on any atom is 0.293 e. The third-order valence-corrected chi connectivity index (χ3v) is 2.77. The molecule has 1 heterocycles. The summed E-state index contributed by atoms with van der Waals surface area (Å²) in [7, 11) is 0. The van der Waals surface area contributed by atoms with Gasteiger partial charge >= 0.3 is 0 Å². The van der Waals surface area contributed by atoms with Crippen LogP contribution in [0.15, 0.2) is 35.0 Å². The van der Waals surface area contributed by atoms with Crippen molar-refractivity contribution in [1.29, 1.82) is 0 Å². The lowest BCUT2D eigenvalue weighted by molar-refractivity contribution is -0.384. The molecule has 0 spiro atoms. The second kappa shape index (κ2) is 5.13. The SMILES string of the molecule is O=[N+]([O-])c1cc(I)ccc1NCc1ccno1. The Morgan fingerprint density at radius 3 is 2.94 bits per heavy atom. The molecule has 1 aromatic heterocycles. The molecule has 0 aliphatic carbocycles. The van der Waals surface area contributed by atoms with Crippen LogP contribution < -0.4 is 5.32 Å². The number of anilines is 1. The van der Waals surface area contributed by atoms with Crippen LogP contribution in [-0.2, 0) is 6.54 Å². The van der Waals surface area contributed by atoms with Crippen molar-refractivity contribution in [3.05, 3.63) is 49.9 Å². The fraction of sp³-hybridized carbons (Fsp3) is 0.100. The molecule has 0 radical (unpaired) electrons. The predicted octanol–water partition coefficient (Wildman–Crippen LogP) is 2.80. The number of nitro benzene ring substituents is 1. The van der Waals surface area contributed by atoms with Crippen LogP contribution in [0.1, 0.15) is 5.76 Å². The summed E-state index contributed by atoms with van der Waals surface area (Å²) in [4.78, 5) is 10.4. The molecule has 7 heteroatoms. The smallest absolute Gasteiger partial charge is 0.293 e. The fourth-order valence-electron chi connectivity index (χ4n) is 1.32. The summed E-state index contributed by atoms with van der Waals surface area (Å²) in [6.45, 7) is 0.363. The van der Waals surface area contributed by atoms with Crippen LogP contribution in [0.2, 0.25) is 0 Å². The number of nitrogens with one attached hydrogen (secondary N) is 1. The Morgan fingerprint density at radius 2 is 2.29 bits per heavy atom. The van der Waals surface area contributed by atoms with Crippen molar-refractivity contribution in [3.63, 3.8) is 0 Å². The molecular formula is C10H8IN3O3. The van der Waals surface area contributed by atoms with Crippen LogP contribution >= 0.6 is 22.6 Å². The van der Waals surface area contributed by atoms with Crippen LogP contribution in [0.3, 0.4) is 0 Å². The summed E-state index contributed by atoms with van der Waals surface area (Å²) in [6, 6.07) is 6.70. The zero-order chi connectivity index (χ0) is 12.3. The van der Waals surface area contributed by atoms with Gasteiger partial charge in [-0.3, -0.25) is 10.1 Å². The van der Waals surface area contributed by atoms with Crippen molar-refractivity contribution in [3.8, 4) is 0 Å². The van der Waals surface area contributed by atoms with E-state index in [0.29, 0.717) is 18.0 Å². The van der Waals surface area contributed by atoms with Gasteiger partial charge in [-0.25, -0.2) is 0 Å². The van der Waals surface area contributed by atoms with Crippen LogP contribution in [-0.4, -0.2) is 10.1 Å². The first kappa shape index (κ1) is 11.8. The number of hydrogen-bond donors (Lipinski definition) is 1. The van der Waals surface area contributed by atoms with E-state index in [1.54, 1.807) is 18.2 Å². The molecule has 0 saturated carbocycles. The van der Waals surface area contributed by atoms with E-state index in [2.05, 4.69) is 10.5 Å². The molecule has 0 atom stereocenters. The van der Waals surface area contributed by atoms with E-state index in [1.807, 2.05) is 22.6 Å². The number of rotatable bonds is 4. The summed E-state index contributed by atoms with van der Waals surface area (Å²) >= 11 is 2.03. The summed E-state index contributed by atoms with van der Waals surface area (Å²) < 4.78 is 5.71. The first-order valence-electron chi connectivity index (χ1n) is 4.74. The normalized spacial score (nSPS) is 10.2. The molecule has 0 saturated heterocycles. The molecule has 1 N–H and O–H groups in total. The van der Waals surface area contributed by atoms with Gasteiger partial charge in [0, 0.05) is 15.7 Å². The zero-order valence-electron chi connectivity index (χ0n) is 8.59. The van der Waals surface area contributed by atoms with Gasteiger partial charge in [-0.1, -0.05) is 5.16 Å². The number of aromatic nitrogens is 1. The molecular weight excluding hydrogens is 337 g/mol. The molecule has 1 aromatic carbocycles. The number of nitrogens with zero attached hydrogens (tertiary/aromatic N) is 2. The first-order chi connectivity index (χ1) is 8.16. The Morgan fingerprint density at radius 1 is 1.47 bits per heavy atom. The van der Waals surface area contributed by atoms with E-state index in [1.165, 1.54) is 12.3 Å². The van der Waals surface area contributed by atoms with Crippen molar-refractivity contribution in [1.82, 2.24) is 5.16 Å². The average Bonchev–Trinajstić information content (AvgIpc) is 2.80. The van der Waals surface area contributed by atoms with Crippen molar-refractivity contribution in [2.75, 3.05) is 5.32 Å². The molecule has 6 nitrogen and oxygen atoms in total. The van der Waals surface area contributed by atoms with Crippen LogP contribution in [0, 0.1) is 13.7 Å². The van der Waals surface area contributed by atoms with Gasteiger partial charge in [-0.15, -0.1) is 0 Å². The molecule has 2 aromatic rings. The lowest BCUT2D eigenvalue weighted by Crippen LogP contribution is -2.02. The molecule has 0 aliphatic heterocycles. The minimum Gasteiger partial charge on any atom is -0.372 e. The molecule has 0 unspecified atom stereocenters. The van der Waals surface area contributed by atoms with E-state index >= 15 is 0 Å². The Bertz CT molecular complexity index is 528. The van der Waals surface area contributed by atoms with Gasteiger partial charge in [0.1, 0.15) is 5.69 Å². The number of benzene rings is 1. The van der Waals surface area contributed by atoms with Crippen molar-refractivity contribution >= 4 is 34.0 Å². The Kier molecular flexibility index (Phi) is 3.57. The minimum atomic E-state index is -0.412. The van der Waals surface area contributed by atoms with Gasteiger partial charge in [0.05, 0.1) is 17.7 Å². The van der Waals surface area contributed by atoms with Crippen molar-refractivity contribution in [2.24, 2.45) is 0 Å². The van der Waals surface area contributed by atoms with Crippen LogP contribution in [0.25, 0.3) is 0 Å². The lowest BCUT2D eigenvalue weighted by atomic mass is 10.2. The fourth-order valence-corrected chi connectivity index (χ4v) is 1.80. The number of hydrogen-bond acceptors (Lipinski definition) is 5. The van der Waals surface area contributed by atoms with Gasteiger partial charge in [0.25, 0.3) is 5.69 Å². The minimum absolute atomic E-state index is 0.0522. The highest BCUT2D eigenvalue weighted by Crippen LogP contribution is 2.26. The second-order valence-corrected chi connectivity index (χ2v) is 4.50. The topological polar surface area (TPSA) is 81.2 Å². The molecule has 0 fully saturated rings. The van der Waals surface area contributed by atoms with E-state index in [0.717, 1.165) is 3.57 Å². The van der Waals surface area contributed by atoms with Gasteiger partial charge < -0.3 is 9.84 Å². The van der Waals surface area contributed by atoms with Crippen molar-refractivity contribution < 1.29 is 9.45 Å². The maximum absolute atomic E-state index is 10.9. The highest BCUT2D eigenvalue weighted by Gasteiger charge is 2.14. The van der Waals surface area contributed by atoms with E-state index in [-0.39, 0.29) is 5.69 Å². The summed E-state index contributed by atoms with van der Waals surface area (Å²) in [5.74, 6) is 0.623. The molecule has 2 rings (SSSR count). The second-order valence-electron chi connectivity index (χ2n) is 3.25. The molecule has 0 amide bonds. The van der Waals surface area contributed by atoms with Gasteiger partial charge in [-0.2, -0.15) is 0 Å². The highest BCUT2D eigenvalue weighted by molar-refractivity contribution is 14.1. The summed E-state index contributed by atoms with van der Waals surface area (Å²) in [6.07, 6.45) is 1.53. The van der Waals surface area contributed by atoms with Gasteiger partial charge in [0.2, 0.25) is 0 Å². The molecule has 0 bridgehead atoms. The Labute approximate surface area is 110 Å². The Balaban J connectivity index is 2.17. The zero-order valence-corrected chi connectivity index (χ0v) is 10.7. The standard InChI is InChI=1S/C10H8IN3O3/c11-7-1-2-9(10(5-7)14(15)16)12-6-8-3-4-13-17-8/h1-5,12H,6H2. The monoisotopic (exact) mass is 345 g/mol. The highest BCUT2D eigenvalue weighted by atomic mass is 127. The third-order valence-electron chi connectivity index (χ3n) is 2.10. The van der Waals surface area contributed by atoms with E-state index in [4.69, 9.17) is 4.52 Å². The quantitative estimate of drug-likeness (QED) is 0.524. The Hall–Kier alpha value is -1.64. The van der Waals surface area contributed by atoms with E-state index in [9.17, 15) is 10.1 Å². The number of halogens is 1. The third kappa shape index (κ3) is 2.93. The molecule has 88 valence electrons. The van der Waals surface area contributed by atoms with Gasteiger partial charge in [0.15, 0.2) is 5.76 Å². The summed E-state index contributed by atoms with van der Waals surface area (Å²) in [5, 5.41) is 17.4. The molecule has 17 heavy (non-hydrogen) atoms. The average molecular weight is 345 g/mol.